The van der Waals surface area contributed by atoms with E-state index in [1.165, 1.54) is 29.2 Å². The van der Waals surface area contributed by atoms with Crippen molar-refractivity contribution in [1.82, 2.24) is 4.90 Å². The zero-order valence-electron chi connectivity index (χ0n) is 18.6. The monoisotopic (exact) mass is 409 g/mol. The number of nitrogens with zero attached hydrogens (tertiary/aromatic N) is 1. The van der Waals surface area contributed by atoms with Gasteiger partial charge in [0.15, 0.2) is 0 Å². The zero-order valence-corrected chi connectivity index (χ0v) is 18.6. The number of aliphatic carboxylic acids is 1. The van der Waals surface area contributed by atoms with Crippen LogP contribution in [0.3, 0.4) is 0 Å². The molecule has 0 spiro atoms. The largest absolute Gasteiger partial charge is 0.490 e. The molecule has 0 amide bonds. The van der Waals surface area contributed by atoms with Crippen LogP contribution in [0.5, 0.6) is 5.75 Å². The summed E-state index contributed by atoms with van der Waals surface area (Å²) in [5.41, 5.74) is 1.64. The normalized spacial score (nSPS) is 25.5. The molecule has 1 saturated heterocycles. The van der Waals surface area contributed by atoms with Gasteiger partial charge in [-0.25, -0.2) is 0 Å². The summed E-state index contributed by atoms with van der Waals surface area (Å²) in [5, 5.41) is 11.6. The third-order valence-corrected chi connectivity index (χ3v) is 7.11. The molecule has 0 bridgehead atoms. The summed E-state index contributed by atoms with van der Waals surface area (Å²) in [4.78, 5) is 13.4. The lowest BCUT2D eigenvalue weighted by Gasteiger charge is -2.37. The first-order valence-electron chi connectivity index (χ1n) is 11.4. The topological polar surface area (TPSA) is 49.8 Å². The fourth-order valence-electron chi connectivity index (χ4n) is 5.12. The van der Waals surface area contributed by atoms with Gasteiger partial charge in [0.25, 0.3) is 0 Å². The van der Waals surface area contributed by atoms with Crippen LogP contribution in [0.1, 0.15) is 58.4 Å². The highest BCUT2D eigenvalue weighted by Gasteiger charge is 2.30. The van der Waals surface area contributed by atoms with Crippen LogP contribution in [0.4, 0.5) is 0 Å². The van der Waals surface area contributed by atoms with Crippen LogP contribution >= 0.6 is 0 Å². The maximum absolute atomic E-state index is 11.2. The second-order valence-corrected chi connectivity index (χ2v) is 10.4. The van der Waals surface area contributed by atoms with E-state index in [-0.39, 0.29) is 5.92 Å². The summed E-state index contributed by atoms with van der Waals surface area (Å²) in [6.07, 6.45) is 5.88. The average molecular weight is 410 g/mol. The highest BCUT2D eigenvalue weighted by molar-refractivity contribution is 5.84. The van der Waals surface area contributed by atoms with Crippen molar-refractivity contribution >= 4 is 16.7 Å². The van der Waals surface area contributed by atoms with Crippen LogP contribution in [0.15, 0.2) is 36.4 Å². The number of carbonyl (C=O) groups is 1. The van der Waals surface area contributed by atoms with E-state index in [4.69, 9.17) is 4.74 Å². The van der Waals surface area contributed by atoms with Crippen molar-refractivity contribution in [3.8, 4) is 5.75 Å². The van der Waals surface area contributed by atoms with Gasteiger partial charge in [-0.1, -0.05) is 39.0 Å². The lowest BCUT2D eigenvalue weighted by atomic mass is 9.72. The molecule has 1 heterocycles. The Morgan fingerprint density at radius 1 is 1.03 bits per heavy atom. The molecule has 4 heteroatoms. The Morgan fingerprint density at radius 2 is 1.73 bits per heavy atom. The van der Waals surface area contributed by atoms with E-state index in [2.05, 4.69) is 62.1 Å². The van der Waals surface area contributed by atoms with Crippen molar-refractivity contribution in [2.45, 2.75) is 65.5 Å². The maximum Gasteiger partial charge on any atom is 0.307 e. The van der Waals surface area contributed by atoms with Gasteiger partial charge in [0, 0.05) is 13.1 Å². The van der Waals surface area contributed by atoms with Gasteiger partial charge in [-0.05, 0) is 84.5 Å². The van der Waals surface area contributed by atoms with E-state index >= 15 is 0 Å². The maximum atomic E-state index is 11.2. The molecule has 2 aliphatic rings. The number of hydrogen-bond donors (Lipinski definition) is 1. The second kappa shape index (κ2) is 8.58. The minimum Gasteiger partial charge on any atom is -0.490 e. The van der Waals surface area contributed by atoms with Gasteiger partial charge < -0.3 is 9.84 Å². The second-order valence-electron chi connectivity index (χ2n) is 10.4. The Kier molecular flexibility index (Phi) is 6.06. The lowest BCUT2D eigenvalue weighted by molar-refractivity contribution is -0.141. The van der Waals surface area contributed by atoms with E-state index < -0.39 is 5.97 Å². The van der Waals surface area contributed by atoms with Crippen molar-refractivity contribution in [3.63, 3.8) is 0 Å². The lowest BCUT2D eigenvalue weighted by Crippen LogP contribution is -2.30. The Balaban J connectivity index is 1.36. The minimum absolute atomic E-state index is 0.219. The van der Waals surface area contributed by atoms with Crippen molar-refractivity contribution < 1.29 is 14.6 Å². The molecule has 1 atom stereocenters. The summed E-state index contributed by atoms with van der Waals surface area (Å²) in [5.74, 6) is 0.881. The van der Waals surface area contributed by atoms with Gasteiger partial charge >= 0.3 is 5.97 Å². The van der Waals surface area contributed by atoms with E-state index in [0.717, 1.165) is 44.0 Å². The molecular weight excluding hydrogens is 374 g/mol. The summed E-state index contributed by atoms with van der Waals surface area (Å²) in [6.45, 7) is 9.38. The van der Waals surface area contributed by atoms with E-state index in [0.29, 0.717) is 18.1 Å². The highest BCUT2D eigenvalue weighted by Crippen LogP contribution is 2.39. The molecule has 30 heavy (non-hydrogen) atoms. The van der Waals surface area contributed by atoms with Gasteiger partial charge in [-0.3, -0.25) is 9.69 Å². The van der Waals surface area contributed by atoms with Crippen LogP contribution < -0.4 is 4.74 Å². The fraction of sp³-hybridized carbons (Fsp3) is 0.577. The average Bonchev–Trinajstić information content (AvgIpc) is 3.17. The molecule has 2 aromatic carbocycles. The molecule has 0 aromatic heterocycles. The quantitative estimate of drug-likeness (QED) is 0.685. The first-order chi connectivity index (χ1) is 14.3. The molecule has 162 valence electrons. The van der Waals surface area contributed by atoms with Crippen LogP contribution in [-0.4, -0.2) is 35.2 Å². The Hall–Kier alpha value is -2.07. The number of hydrogen-bond acceptors (Lipinski definition) is 3. The summed E-state index contributed by atoms with van der Waals surface area (Å²) in [6, 6.07) is 13.0. The van der Waals surface area contributed by atoms with E-state index in [1.54, 1.807) is 0 Å². The van der Waals surface area contributed by atoms with Gasteiger partial charge in [0.1, 0.15) is 5.75 Å². The van der Waals surface area contributed by atoms with Crippen molar-refractivity contribution in [2.24, 2.45) is 17.3 Å². The molecule has 1 aliphatic carbocycles. The first-order valence-corrected chi connectivity index (χ1v) is 11.4. The number of carboxylic acids is 1. The first kappa shape index (κ1) is 21.2. The standard InChI is InChI=1S/C26H35NO3/c1-26(2,3)22-7-10-23(11-8-22)30-24-9-6-19-14-18(4-5-20(19)15-24)16-27-13-12-21(17-27)25(28)29/h4-6,9,14-15,21-23H,7-8,10-13,16-17H2,1-3H3,(H,28,29)/t21-,22?,23?/m0/s1. The fourth-order valence-corrected chi connectivity index (χ4v) is 5.12. The molecule has 1 N–H and O–H groups in total. The number of carboxylic acid groups (broad SMARTS) is 1. The number of fused-ring (bicyclic) bond motifs is 1. The smallest absolute Gasteiger partial charge is 0.307 e. The van der Waals surface area contributed by atoms with Crippen LogP contribution in [0, 0.1) is 17.3 Å². The van der Waals surface area contributed by atoms with Gasteiger partial charge in [0.2, 0.25) is 0 Å². The zero-order chi connectivity index (χ0) is 21.3. The molecule has 0 unspecified atom stereocenters. The number of likely N-dealkylation sites (tertiary alicyclic amines) is 1. The van der Waals surface area contributed by atoms with Gasteiger partial charge in [0.05, 0.1) is 12.0 Å². The van der Waals surface area contributed by atoms with Gasteiger partial charge in [-0.2, -0.15) is 0 Å². The molecule has 1 saturated carbocycles. The Bertz CT molecular complexity index is 893. The summed E-state index contributed by atoms with van der Waals surface area (Å²) < 4.78 is 6.33. The molecule has 2 fully saturated rings. The predicted molar refractivity (Wildman–Crippen MR) is 121 cm³/mol. The van der Waals surface area contributed by atoms with Crippen LogP contribution in [0.25, 0.3) is 10.8 Å². The van der Waals surface area contributed by atoms with Crippen molar-refractivity contribution in [1.29, 1.82) is 0 Å². The molecular formula is C26H35NO3. The molecule has 1 aliphatic heterocycles. The summed E-state index contributed by atoms with van der Waals surface area (Å²) >= 11 is 0. The summed E-state index contributed by atoms with van der Waals surface area (Å²) in [7, 11) is 0. The Morgan fingerprint density at radius 3 is 2.40 bits per heavy atom. The number of rotatable bonds is 5. The van der Waals surface area contributed by atoms with Gasteiger partial charge in [-0.15, -0.1) is 0 Å². The van der Waals surface area contributed by atoms with E-state index in [9.17, 15) is 9.90 Å². The number of benzene rings is 2. The molecule has 2 aromatic rings. The van der Waals surface area contributed by atoms with Crippen molar-refractivity contribution in [3.05, 3.63) is 42.0 Å². The van der Waals surface area contributed by atoms with Crippen LogP contribution in [0.2, 0.25) is 0 Å². The Labute approximate surface area is 180 Å². The minimum atomic E-state index is -0.671. The molecule has 4 nitrogen and oxygen atoms in total. The van der Waals surface area contributed by atoms with Crippen LogP contribution in [-0.2, 0) is 11.3 Å². The molecule has 0 radical (unpaired) electrons. The van der Waals surface area contributed by atoms with E-state index in [1.807, 2.05) is 0 Å². The van der Waals surface area contributed by atoms with Crippen molar-refractivity contribution in [2.75, 3.05) is 13.1 Å². The predicted octanol–water partition coefficient (Wildman–Crippen LogP) is 5.73. The third-order valence-electron chi connectivity index (χ3n) is 7.11. The SMILES string of the molecule is CC(C)(C)C1CCC(Oc2ccc3cc(CN4CC[C@H](C(=O)O)C4)ccc3c2)CC1. The highest BCUT2D eigenvalue weighted by atomic mass is 16.5. The third kappa shape index (κ3) is 4.97. The number of ether oxygens (including phenoxy) is 1. The molecule has 4 rings (SSSR count).